The van der Waals surface area contributed by atoms with Gasteiger partial charge in [-0.1, -0.05) is 90.9 Å². The predicted octanol–water partition coefficient (Wildman–Crippen LogP) is 6.80. The largest absolute Gasteiger partial charge is 0.507 e. The number of likely N-dealkylation sites (N-methyl/N-ethyl adjacent to an activating group) is 1. The van der Waals surface area contributed by atoms with E-state index in [0.717, 1.165) is 12.1 Å². The highest BCUT2D eigenvalue weighted by molar-refractivity contribution is 6.00. The van der Waals surface area contributed by atoms with Gasteiger partial charge in [0.05, 0.1) is 16.6 Å². The van der Waals surface area contributed by atoms with Crippen molar-refractivity contribution in [2.45, 2.75) is 91.5 Å². The Bertz CT molecular complexity index is 1330. The fourth-order valence-electron chi connectivity index (χ4n) is 6.39. The normalized spacial score (nSPS) is 15.9. The maximum Gasteiger partial charge on any atom is 0.334 e. The van der Waals surface area contributed by atoms with Crippen molar-refractivity contribution in [1.29, 1.82) is 0 Å². The molecule has 1 heterocycles. The molecule has 3 rings (SSSR count). The van der Waals surface area contributed by atoms with E-state index >= 15 is 0 Å². The van der Waals surface area contributed by atoms with E-state index < -0.39 is 28.2 Å². The third-order valence-electron chi connectivity index (χ3n) is 8.56. The molecule has 0 bridgehead atoms. The van der Waals surface area contributed by atoms with E-state index in [4.69, 9.17) is 0 Å². The number of carboxylic acid groups (broad SMARTS) is 2. The van der Waals surface area contributed by atoms with Crippen LogP contribution in [-0.2, 0) is 32.4 Å². The van der Waals surface area contributed by atoms with Crippen molar-refractivity contribution in [1.82, 2.24) is 9.80 Å². The number of carboxylic acids is 2. The van der Waals surface area contributed by atoms with Crippen molar-refractivity contribution >= 4 is 11.9 Å². The molecule has 3 N–H and O–H groups in total. The van der Waals surface area contributed by atoms with E-state index in [9.17, 15) is 24.9 Å². The van der Waals surface area contributed by atoms with Crippen LogP contribution in [0, 0.1) is 0 Å². The van der Waals surface area contributed by atoms with Crippen LogP contribution in [-0.4, -0.2) is 57.2 Å². The lowest BCUT2D eigenvalue weighted by Crippen LogP contribution is -2.47. The Hall–Kier alpha value is -3.58. The van der Waals surface area contributed by atoms with Crippen LogP contribution >= 0.6 is 0 Å². The van der Waals surface area contributed by atoms with Gasteiger partial charge in [0.15, 0.2) is 0 Å². The maximum absolute atomic E-state index is 13.2. The average Bonchev–Trinajstić information content (AvgIpc) is 2.86. The number of nitrogens with zero attached hydrogens (tertiary/aromatic N) is 2. The van der Waals surface area contributed by atoms with Gasteiger partial charge in [-0.25, -0.2) is 9.59 Å². The zero-order chi connectivity index (χ0) is 31.8. The molecule has 0 spiro atoms. The summed E-state index contributed by atoms with van der Waals surface area (Å²) in [5.74, 6) is -2.13. The monoisotopic (exact) mass is 576 g/mol. The van der Waals surface area contributed by atoms with Gasteiger partial charge in [0.25, 0.3) is 0 Å². The van der Waals surface area contributed by atoms with Gasteiger partial charge in [0, 0.05) is 31.0 Å². The summed E-state index contributed by atoms with van der Waals surface area (Å²) in [6.07, 6.45) is 0.227. The first-order valence-electron chi connectivity index (χ1n) is 14.7. The lowest BCUT2D eigenvalue weighted by Gasteiger charge is -2.45. The Morgan fingerprint density at radius 3 is 1.69 bits per heavy atom. The number of aliphatic carboxylic acids is 2. The number of carbonyl (C=O) groups is 2. The SMILES string of the molecule is CCC1(c2cc(C(C)(C)C)c(O)c(C(C)(C)C)c2)C(C(=O)O)=C(C)N(CCN(C)Cc2ccccc2)C(C)=C1C(=O)O. The second kappa shape index (κ2) is 12.0. The fraction of sp³-hybridized carbons (Fsp3) is 0.486. The van der Waals surface area contributed by atoms with Crippen molar-refractivity contribution in [2.75, 3.05) is 20.1 Å². The number of hydrogen-bond acceptors (Lipinski definition) is 5. The van der Waals surface area contributed by atoms with Crippen LogP contribution in [0.2, 0.25) is 0 Å². The minimum atomic E-state index is -1.42. The highest BCUT2D eigenvalue weighted by Crippen LogP contribution is 2.52. The first-order valence-corrected chi connectivity index (χ1v) is 14.7. The van der Waals surface area contributed by atoms with E-state index in [1.165, 1.54) is 0 Å². The molecular weight excluding hydrogens is 528 g/mol. The number of rotatable bonds is 9. The van der Waals surface area contributed by atoms with E-state index in [0.29, 0.717) is 41.2 Å². The Morgan fingerprint density at radius 1 is 0.857 bits per heavy atom. The fourth-order valence-corrected chi connectivity index (χ4v) is 6.39. The van der Waals surface area contributed by atoms with Crippen molar-refractivity contribution in [3.8, 4) is 5.75 Å². The molecule has 2 aromatic carbocycles. The molecule has 7 nitrogen and oxygen atoms in total. The Balaban J connectivity index is 2.27. The van der Waals surface area contributed by atoms with Crippen LogP contribution in [0.1, 0.15) is 91.0 Å². The van der Waals surface area contributed by atoms with E-state index in [1.807, 2.05) is 90.7 Å². The molecule has 0 aromatic heterocycles. The molecule has 0 unspecified atom stereocenters. The van der Waals surface area contributed by atoms with Crippen LogP contribution < -0.4 is 0 Å². The smallest absolute Gasteiger partial charge is 0.334 e. The number of allylic oxidation sites excluding steroid dienone is 2. The van der Waals surface area contributed by atoms with Gasteiger partial charge in [-0.05, 0) is 60.4 Å². The molecule has 2 aromatic rings. The van der Waals surface area contributed by atoms with Gasteiger partial charge in [0.2, 0.25) is 0 Å². The number of aromatic hydroxyl groups is 1. The third kappa shape index (κ3) is 6.12. The van der Waals surface area contributed by atoms with Crippen LogP contribution in [0.5, 0.6) is 5.75 Å². The molecule has 1 aliphatic heterocycles. The molecule has 228 valence electrons. The molecule has 0 aliphatic carbocycles. The van der Waals surface area contributed by atoms with Gasteiger partial charge in [0.1, 0.15) is 5.75 Å². The molecule has 0 atom stereocenters. The maximum atomic E-state index is 13.2. The van der Waals surface area contributed by atoms with Crippen LogP contribution in [0.3, 0.4) is 0 Å². The summed E-state index contributed by atoms with van der Waals surface area (Å²) in [6.45, 7) is 19.1. The molecule has 0 saturated carbocycles. The van der Waals surface area contributed by atoms with Crippen molar-refractivity contribution in [2.24, 2.45) is 0 Å². The van der Waals surface area contributed by atoms with Crippen molar-refractivity contribution < 1.29 is 24.9 Å². The van der Waals surface area contributed by atoms with Crippen molar-refractivity contribution in [3.05, 3.63) is 87.3 Å². The molecule has 0 radical (unpaired) electrons. The summed E-state index contributed by atoms with van der Waals surface area (Å²) in [4.78, 5) is 30.4. The average molecular weight is 577 g/mol. The second-order valence-corrected chi connectivity index (χ2v) is 13.6. The summed E-state index contributed by atoms with van der Waals surface area (Å²) < 4.78 is 0. The molecule has 0 fully saturated rings. The Kier molecular flexibility index (Phi) is 9.38. The molecule has 7 heteroatoms. The summed E-state index contributed by atoms with van der Waals surface area (Å²) >= 11 is 0. The quantitative estimate of drug-likeness (QED) is 0.302. The number of hydrogen-bond donors (Lipinski definition) is 3. The Labute approximate surface area is 251 Å². The number of phenolic OH excluding ortho intramolecular Hbond substituents is 1. The lowest BCUT2D eigenvalue weighted by molar-refractivity contribution is -0.134. The van der Waals surface area contributed by atoms with Crippen molar-refractivity contribution in [3.63, 3.8) is 0 Å². The number of phenols is 1. The minimum Gasteiger partial charge on any atom is -0.507 e. The van der Waals surface area contributed by atoms with Gasteiger partial charge < -0.3 is 25.1 Å². The second-order valence-electron chi connectivity index (χ2n) is 13.6. The number of benzene rings is 2. The molecule has 0 amide bonds. The standard InChI is InChI=1S/C35H48N2O5/c1-11-35(25-19-26(33(4,5)6)30(38)27(20-25)34(7,8)9)28(31(39)40)22(2)37(23(3)29(35)32(41)42)18-17-36(10)21-24-15-13-12-14-16-24/h12-16,19-20,38H,11,17-18,21H2,1-10H3,(H,39,40)(H,41,42). The third-order valence-corrected chi connectivity index (χ3v) is 8.56. The zero-order valence-electron chi connectivity index (χ0n) is 26.9. The van der Waals surface area contributed by atoms with E-state index in [1.54, 1.807) is 13.8 Å². The van der Waals surface area contributed by atoms with Crippen LogP contribution in [0.25, 0.3) is 0 Å². The summed E-state index contributed by atoms with van der Waals surface area (Å²) in [5.41, 5.74) is 1.88. The molecular formula is C35H48N2O5. The van der Waals surface area contributed by atoms with Crippen LogP contribution in [0.4, 0.5) is 0 Å². The minimum absolute atomic E-state index is 0.0594. The lowest BCUT2D eigenvalue weighted by atomic mass is 9.62. The molecule has 0 saturated heterocycles. The van der Waals surface area contributed by atoms with Crippen LogP contribution in [0.15, 0.2) is 65.0 Å². The summed E-state index contributed by atoms with van der Waals surface area (Å²) in [7, 11) is 2.00. The highest BCUT2D eigenvalue weighted by Gasteiger charge is 2.51. The van der Waals surface area contributed by atoms with E-state index in [-0.39, 0.29) is 23.3 Å². The van der Waals surface area contributed by atoms with Gasteiger partial charge >= 0.3 is 11.9 Å². The molecule has 42 heavy (non-hydrogen) atoms. The van der Waals surface area contributed by atoms with Gasteiger partial charge in [-0.2, -0.15) is 0 Å². The highest BCUT2D eigenvalue weighted by atomic mass is 16.4. The van der Waals surface area contributed by atoms with Gasteiger partial charge in [-0.3, -0.25) is 0 Å². The first kappa shape index (κ1) is 32.9. The van der Waals surface area contributed by atoms with E-state index in [2.05, 4.69) is 17.0 Å². The molecule has 1 aliphatic rings. The summed E-state index contributed by atoms with van der Waals surface area (Å²) in [5, 5.41) is 32.9. The first-order chi connectivity index (χ1) is 19.4. The summed E-state index contributed by atoms with van der Waals surface area (Å²) in [6, 6.07) is 13.7. The zero-order valence-corrected chi connectivity index (χ0v) is 26.9. The Morgan fingerprint density at radius 2 is 1.31 bits per heavy atom. The van der Waals surface area contributed by atoms with Gasteiger partial charge in [-0.15, -0.1) is 0 Å². The topological polar surface area (TPSA) is 101 Å². The predicted molar refractivity (Wildman–Crippen MR) is 168 cm³/mol.